The Balaban J connectivity index is 2.11. The summed E-state index contributed by atoms with van der Waals surface area (Å²) in [6, 6.07) is 6.20. The highest BCUT2D eigenvalue weighted by Crippen LogP contribution is 2.24. The third-order valence-corrected chi connectivity index (χ3v) is 3.09. The van der Waals surface area contributed by atoms with Gasteiger partial charge in [0, 0.05) is 13.1 Å². The first kappa shape index (κ1) is 9.86. The maximum absolute atomic E-state index is 5.36. The molecule has 1 aliphatic rings. The minimum atomic E-state index is 0.677. The molecule has 1 aromatic carbocycles. The van der Waals surface area contributed by atoms with Gasteiger partial charge in [0.15, 0.2) is 4.77 Å². The van der Waals surface area contributed by atoms with Gasteiger partial charge in [-0.2, -0.15) is 0 Å². The highest BCUT2D eigenvalue weighted by Gasteiger charge is 2.14. The number of para-hydroxylation sites is 1. The summed E-state index contributed by atoms with van der Waals surface area (Å²) in [6.07, 6.45) is 0. The number of fused-ring (bicyclic) bond motifs is 1. The average molecular weight is 235 g/mol. The molecule has 5 heteroatoms. The zero-order chi connectivity index (χ0) is 11.0. The summed E-state index contributed by atoms with van der Waals surface area (Å²) in [5.41, 5.74) is 3.36. The molecule has 0 bridgehead atoms. The number of anilines is 1. The highest BCUT2D eigenvalue weighted by atomic mass is 32.1. The molecule has 3 rings (SSSR count). The van der Waals surface area contributed by atoms with Crippen LogP contribution < -0.4 is 4.90 Å². The summed E-state index contributed by atoms with van der Waals surface area (Å²) in [5.74, 6) is 0. The zero-order valence-corrected chi connectivity index (χ0v) is 9.64. The van der Waals surface area contributed by atoms with E-state index < -0.39 is 0 Å². The molecule has 0 radical (unpaired) electrons. The molecule has 16 heavy (non-hydrogen) atoms. The molecule has 0 aliphatic carbocycles. The SMILES string of the molecule is S=c1[nH]c2cccc(N3CCOCC3)c2[nH]1. The number of morpholine rings is 1. The van der Waals surface area contributed by atoms with E-state index in [1.807, 2.05) is 12.1 Å². The average Bonchev–Trinajstić information content (AvgIpc) is 2.70. The lowest BCUT2D eigenvalue weighted by atomic mass is 10.2. The molecule has 0 unspecified atom stereocenters. The number of aromatic nitrogens is 2. The van der Waals surface area contributed by atoms with Crippen LogP contribution in [0.2, 0.25) is 0 Å². The zero-order valence-electron chi connectivity index (χ0n) is 8.82. The molecule has 4 nitrogen and oxygen atoms in total. The van der Waals surface area contributed by atoms with Crippen molar-refractivity contribution in [1.29, 1.82) is 0 Å². The standard InChI is InChI=1S/C11H13N3OS/c16-11-12-8-2-1-3-9(10(8)13-11)14-4-6-15-7-5-14/h1-3H,4-7H2,(H2,12,13,16). The van der Waals surface area contributed by atoms with Gasteiger partial charge in [0.05, 0.1) is 29.9 Å². The molecule has 1 saturated heterocycles. The summed E-state index contributed by atoms with van der Waals surface area (Å²) in [5, 5.41) is 0. The van der Waals surface area contributed by atoms with Crippen LogP contribution in [-0.2, 0) is 4.74 Å². The van der Waals surface area contributed by atoms with Gasteiger partial charge < -0.3 is 19.6 Å². The van der Waals surface area contributed by atoms with Gasteiger partial charge in [-0.05, 0) is 24.4 Å². The van der Waals surface area contributed by atoms with Crippen LogP contribution in [0.1, 0.15) is 0 Å². The molecule has 0 amide bonds. The van der Waals surface area contributed by atoms with Crippen molar-refractivity contribution in [3.63, 3.8) is 0 Å². The molecule has 1 aromatic heterocycles. The van der Waals surface area contributed by atoms with Crippen LogP contribution >= 0.6 is 12.2 Å². The Hall–Kier alpha value is -1.33. The topological polar surface area (TPSA) is 44.0 Å². The number of hydrogen-bond acceptors (Lipinski definition) is 3. The molecule has 1 fully saturated rings. The Morgan fingerprint density at radius 2 is 2.00 bits per heavy atom. The molecule has 0 saturated carbocycles. The Morgan fingerprint density at radius 1 is 1.19 bits per heavy atom. The Bertz CT molecular complexity index is 554. The molecular formula is C11H13N3OS. The first-order valence-corrected chi connectivity index (χ1v) is 5.79. The summed E-state index contributed by atoms with van der Waals surface area (Å²) < 4.78 is 6.03. The fraction of sp³-hybridized carbons (Fsp3) is 0.364. The number of rotatable bonds is 1. The Morgan fingerprint density at radius 3 is 2.81 bits per heavy atom. The van der Waals surface area contributed by atoms with E-state index in [-0.39, 0.29) is 0 Å². The van der Waals surface area contributed by atoms with E-state index in [9.17, 15) is 0 Å². The van der Waals surface area contributed by atoms with Gasteiger partial charge in [0.2, 0.25) is 0 Å². The first-order valence-electron chi connectivity index (χ1n) is 5.38. The lowest BCUT2D eigenvalue weighted by Gasteiger charge is -2.29. The largest absolute Gasteiger partial charge is 0.378 e. The Kier molecular flexibility index (Phi) is 2.41. The van der Waals surface area contributed by atoms with E-state index in [1.54, 1.807) is 0 Å². The summed E-state index contributed by atoms with van der Waals surface area (Å²) in [4.78, 5) is 8.66. The highest BCUT2D eigenvalue weighted by molar-refractivity contribution is 7.71. The number of H-pyrrole nitrogens is 2. The number of hydrogen-bond donors (Lipinski definition) is 2. The summed E-state index contributed by atoms with van der Waals surface area (Å²) in [6.45, 7) is 3.46. The number of imidazole rings is 1. The van der Waals surface area contributed by atoms with Gasteiger partial charge in [-0.25, -0.2) is 0 Å². The number of nitrogens with one attached hydrogen (secondary N) is 2. The van der Waals surface area contributed by atoms with Gasteiger partial charge in [-0.1, -0.05) is 6.07 Å². The van der Waals surface area contributed by atoms with Crippen molar-refractivity contribution in [2.24, 2.45) is 0 Å². The van der Waals surface area contributed by atoms with Crippen molar-refractivity contribution in [1.82, 2.24) is 9.97 Å². The van der Waals surface area contributed by atoms with Gasteiger partial charge in [-0.15, -0.1) is 0 Å². The van der Waals surface area contributed by atoms with Crippen molar-refractivity contribution in [3.05, 3.63) is 23.0 Å². The van der Waals surface area contributed by atoms with Crippen molar-refractivity contribution < 1.29 is 4.74 Å². The second-order valence-corrected chi connectivity index (χ2v) is 4.29. The third kappa shape index (κ3) is 1.62. The van der Waals surface area contributed by atoms with Crippen LogP contribution in [0.15, 0.2) is 18.2 Å². The van der Waals surface area contributed by atoms with Crippen LogP contribution in [-0.4, -0.2) is 36.3 Å². The molecule has 2 N–H and O–H groups in total. The lowest BCUT2D eigenvalue weighted by Crippen LogP contribution is -2.36. The molecule has 2 aromatic rings. The number of nitrogens with zero attached hydrogens (tertiary/aromatic N) is 1. The van der Waals surface area contributed by atoms with Gasteiger partial charge in [0.1, 0.15) is 0 Å². The minimum absolute atomic E-state index is 0.677. The molecule has 1 aliphatic heterocycles. The fourth-order valence-electron chi connectivity index (χ4n) is 2.11. The van der Waals surface area contributed by atoms with Gasteiger partial charge in [-0.3, -0.25) is 0 Å². The van der Waals surface area contributed by atoms with Crippen LogP contribution in [0.4, 0.5) is 5.69 Å². The third-order valence-electron chi connectivity index (χ3n) is 2.88. The smallest absolute Gasteiger partial charge is 0.175 e. The molecule has 84 valence electrons. The normalized spacial score (nSPS) is 16.9. The van der Waals surface area contributed by atoms with Crippen molar-refractivity contribution in [2.75, 3.05) is 31.2 Å². The molecule has 0 atom stereocenters. The summed E-state index contributed by atoms with van der Waals surface area (Å²) in [7, 11) is 0. The summed E-state index contributed by atoms with van der Waals surface area (Å²) >= 11 is 5.12. The van der Waals surface area contributed by atoms with Gasteiger partial charge in [0.25, 0.3) is 0 Å². The molecular weight excluding hydrogens is 222 g/mol. The molecule has 2 heterocycles. The van der Waals surface area contributed by atoms with E-state index in [1.165, 1.54) is 5.69 Å². The van der Waals surface area contributed by atoms with E-state index in [4.69, 9.17) is 17.0 Å². The minimum Gasteiger partial charge on any atom is -0.378 e. The van der Waals surface area contributed by atoms with Crippen LogP contribution in [0.3, 0.4) is 0 Å². The fourth-order valence-corrected chi connectivity index (χ4v) is 2.32. The van der Waals surface area contributed by atoms with Crippen molar-refractivity contribution in [2.45, 2.75) is 0 Å². The van der Waals surface area contributed by atoms with Crippen LogP contribution in [0, 0.1) is 4.77 Å². The van der Waals surface area contributed by atoms with Crippen LogP contribution in [0.25, 0.3) is 11.0 Å². The van der Waals surface area contributed by atoms with E-state index >= 15 is 0 Å². The maximum Gasteiger partial charge on any atom is 0.175 e. The van der Waals surface area contributed by atoms with E-state index in [0.717, 1.165) is 37.3 Å². The number of ether oxygens (including phenoxy) is 1. The van der Waals surface area contributed by atoms with E-state index in [0.29, 0.717) is 4.77 Å². The lowest BCUT2D eigenvalue weighted by molar-refractivity contribution is 0.123. The Labute approximate surface area is 98.2 Å². The number of benzene rings is 1. The maximum atomic E-state index is 5.36. The quantitative estimate of drug-likeness (QED) is 0.744. The first-order chi connectivity index (χ1) is 7.84. The van der Waals surface area contributed by atoms with Crippen molar-refractivity contribution in [3.8, 4) is 0 Å². The number of aromatic amines is 2. The van der Waals surface area contributed by atoms with E-state index in [2.05, 4.69) is 20.9 Å². The van der Waals surface area contributed by atoms with Gasteiger partial charge >= 0.3 is 0 Å². The second kappa shape index (κ2) is 3.92. The van der Waals surface area contributed by atoms with Crippen LogP contribution in [0.5, 0.6) is 0 Å². The molecule has 0 spiro atoms. The van der Waals surface area contributed by atoms with Crippen molar-refractivity contribution >= 4 is 28.9 Å². The monoisotopic (exact) mass is 235 g/mol. The second-order valence-electron chi connectivity index (χ2n) is 3.88. The predicted octanol–water partition coefficient (Wildman–Crippen LogP) is 2.06. The predicted molar refractivity (Wildman–Crippen MR) is 66.5 cm³/mol.